The molecule has 0 aromatic rings. The predicted molar refractivity (Wildman–Crippen MR) is 107 cm³/mol. The van der Waals surface area contributed by atoms with Gasteiger partial charge in [-0.1, -0.05) is 67.7 Å². The molecular formula is C22H34NO. The van der Waals surface area contributed by atoms with E-state index in [9.17, 15) is 4.79 Å². The maximum atomic E-state index is 11.2. The molecular weight excluding hydrogens is 294 g/mol. The lowest BCUT2D eigenvalue weighted by Gasteiger charge is -1.99. The Kier molecular flexibility index (Phi) is 17.8. The number of hydrogen-bond donors (Lipinski definition) is 1. The number of amides is 1. The predicted octanol–water partition coefficient (Wildman–Crippen LogP) is 5.86. The molecule has 0 unspecified atom stereocenters. The van der Waals surface area contributed by atoms with Crippen LogP contribution in [0.25, 0.3) is 0 Å². The minimum Gasteiger partial charge on any atom is -0.356 e. The third-order valence-electron chi connectivity index (χ3n) is 3.25. The van der Waals surface area contributed by atoms with Gasteiger partial charge in [0.1, 0.15) is 0 Å². The minimum atomic E-state index is 0.0948. The van der Waals surface area contributed by atoms with Crippen molar-refractivity contribution in [1.82, 2.24) is 5.32 Å². The van der Waals surface area contributed by atoms with Crippen LogP contribution >= 0.6 is 0 Å². The van der Waals surface area contributed by atoms with Crippen LogP contribution in [0.3, 0.4) is 0 Å². The molecule has 0 aliphatic carbocycles. The molecule has 0 aliphatic heterocycles. The monoisotopic (exact) mass is 328 g/mol. The number of rotatable bonds is 14. The molecule has 24 heavy (non-hydrogen) atoms. The van der Waals surface area contributed by atoms with E-state index in [0.29, 0.717) is 13.0 Å². The molecule has 0 aromatic heterocycles. The molecule has 1 amide bonds. The summed E-state index contributed by atoms with van der Waals surface area (Å²) in [6.07, 6.45) is 29.5. The first kappa shape index (κ1) is 22.2. The van der Waals surface area contributed by atoms with Crippen LogP contribution in [0, 0.1) is 6.92 Å². The lowest BCUT2D eigenvalue weighted by atomic mass is 10.2. The molecule has 0 rings (SSSR count). The Morgan fingerprint density at radius 3 is 1.71 bits per heavy atom. The van der Waals surface area contributed by atoms with Crippen LogP contribution in [0.2, 0.25) is 0 Å². The highest BCUT2D eigenvalue weighted by molar-refractivity contribution is 5.75. The first-order valence-electron chi connectivity index (χ1n) is 9.12. The maximum absolute atomic E-state index is 11.2. The van der Waals surface area contributed by atoms with E-state index in [4.69, 9.17) is 0 Å². The molecule has 0 spiro atoms. The molecule has 0 bridgehead atoms. The highest BCUT2D eigenvalue weighted by Crippen LogP contribution is 1.99. The molecule has 0 atom stereocenters. The van der Waals surface area contributed by atoms with E-state index in [1.165, 1.54) is 0 Å². The van der Waals surface area contributed by atoms with E-state index in [0.717, 1.165) is 44.9 Å². The van der Waals surface area contributed by atoms with Crippen LogP contribution in [-0.4, -0.2) is 12.5 Å². The molecule has 0 heterocycles. The van der Waals surface area contributed by atoms with Crippen LogP contribution < -0.4 is 5.32 Å². The second kappa shape index (κ2) is 19.2. The van der Waals surface area contributed by atoms with E-state index in [2.05, 4.69) is 79.9 Å². The highest BCUT2D eigenvalue weighted by Gasteiger charge is 1.96. The van der Waals surface area contributed by atoms with E-state index >= 15 is 0 Å². The van der Waals surface area contributed by atoms with Crippen molar-refractivity contribution in [3.8, 4) is 0 Å². The fourth-order valence-corrected chi connectivity index (χ4v) is 1.98. The summed E-state index contributed by atoms with van der Waals surface area (Å²) in [6.45, 7) is 6.21. The quantitative estimate of drug-likeness (QED) is 0.314. The van der Waals surface area contributed by atoms with Gasteiger partial charge >= 0.3 is 0 Å². The van der Waals surface area contributed by atoms with E-state index in [1.54, 1.807) is 0 Å². The van der Waals surface area contributed by atoms with Gasteiger partial charge in [0.15, 0.2) is 0 Å². The lowest BCUT2D eigenvalue weighted by molar-refractivity contribution is -0.120. The summed E-state index contributed by atoms with van der Waals surface area (Å²) in [7, 11) is 0. The third kappa shape index (κ3) is 18.2. The smallest absolute Gasteiger partial charge is 0.220 e. The van der Waals surface area contributed by atoms with Gasteiger partial charge in [0.05, 0.1) is 0 Å². The maximum Gasteiger partial charge on any atom is 0.220 e. The van der Waals surface area contributed by atoms with Gasteiger partial charge in [0.2, 0.25) is 5.91 Å². The molecule has 0 aliphatic rings. The largest absolute Gasteiger partial charge is 0.356 e. The van der Waals surface area contributed by atoms with Crippen LogP contribution in [0.15, 0.2) is 60.8 Å². The lowest BCUT2D eigenvalue weighted by Crippen LogP contribution is -2.22. The van der Waals surface area contributed by atoms with E-state index in [-0.39, 0.29) is 5.91 Å². The Hall–Kier alpha value is -1.83. The molecule has 2 nitrogen and oxygen atoms in total. The summed E-state index contributed by atoms with van der Waals surface area (Å²) in [4.78, 5) is 11.2. The average Bonchev–Trinajstić information content (AvgIpc) is 2.58. The zero-order valence-electron chi connectivity index (χ0n) is 15.3. The van der Waals surface area contributed by atoms with Gasteiger partial charge in [-0.2, -0.15) is 0 Å². The number of allylic oxidation sites excluding steroid dienone is 10. The summed E-state index contributed by atoms with van der Waals surface area (Å²) in [5, 5.41) is 2.70. The fraction of sp³-hybridized carbons (Fsp3) is 0.455. The number of unbranched alkanes of at least 4 members (excludes halogenated alkanes) is 1. The van der Waals surface area contributed by atoms with Crippen molar-refractivity contribution in [2.45, 2.75) is 58.3 Å². The van der Waals surface area contributed by atoms with Crippen molar-refractivity contribution < 1.29 is 4.79 Å². The van der Waals surface area contributed by atoms with Crippen LogP contribution in [0.5, 0.6) is 0 Å². The van der Waals surface area contributed by atoms with Gasteiger partial charge in [0.25, 0.3) is 0 Å². The molecule has 0 saturated heterocycles. The molecule has 2 heteroatoms. The summed E-state index contributed by atoms with van der Waals surface area (Å²) in [6, 6.07) is 0. The average molecular weight is 329 g/mol. The molecule has 1 radical (unpaired) electrons. The normalized spacial score (nSPS) is 12.6. The highest BCUT2D eigenvalue weighted by atomic mass is 16.1. The van der Waals surface area contributed by atoms with Gasteiger partial charge < -0.3 is 5.32 Å². The Bertz CT molecular complexity index is 427. The van der Waals surface area contributed by atoms with Crippen LogP contribution in [0.1, 0.15) is 58.3 Å². The van der Waals surface area contributed by atoms with Crippen molar-refractivity contribution in [2.75, 3.05) is 6.54 Å². The standard InChI is InChI=1S/C22H34NO/c1-3-5-6-7-8-9-10-11-12-13-14-15-16-17-18-19-20-21-22(24)23-4-2/h5-6,8-9,11-12,14-15,17-18H,2-4,7,10,13,16,19-21H2,1H3,(H,23,24)/b6-5-,9-8-,12-11-,15-14-,18-17-. The first-order valence-corrected chi connectivity index (χ1v) is 9.12. The zero-order chi connectivity index (χ0) is 17.7. The van der Waals surface area contributed by atoms with Crippen LogP contribution in [-0.2, 0) is 4.79 Å². The summed E-state index contributed by atoms with van der Waals surface area (Å²) in [5.41, 5.74) is 0. The van der Waals surface area contributed by atoms with Gasteiger partial charge in [-0.25, -0.2) is 0 Å². The minimum absolute atomic E-state index is 0.0948. The topological polar surface area (TPSA) is 29.1 Å². The Balaban J connectivity index is 3.48. The Labute approximate surface area is 149 Å². The Morgan fingerprint density at radius 2 is 1.25 bits per heavy atom. The van der Waals surface area contributed by atoms with Crippen molar-refractivity contribution >= 4 is 5.91 Å². The number of carbonyl (C=O) groups is 1. The third-order valence-corrected chi connectivity index (χ3v) is 3.25. The molecule has 133 valence electrons. The SMILES string of the molecule is [CH2]CNC(=O)CCC/C=C\C/C=C\C/C=C\C/C=C\C/C=C\CC. The number of hydrogen-bond acceptors (Lipinski definition) is 1. The zero-order valence-corrected chi connectivity index (χ0v) is 15.3. The molecule has 0 fully saturated rings. The van der Waals surface area contributed by atoms with Gasteiger partial charge in [-0.05, 0) is 51.9 Å². The van der Waals surface area contributed by atoms with Crippen LogP contribution in [0.4, 0.5) is 0 Å². The molecule has 1 N–H and O–H groups in total. The summed E-state index contributed by atoms with van der Waals surface area (Å²) >= 11 is 0. The summed E-state index contributed by atoms with van der Waals surface area (Å²) < 4.78 is 0. The number of carbonyl (C=O) groups excluding carboxylic acids is 1. The van der Waals surface area contributed by atoms with E-state index < -0.39 is 0 Å². The first-order chi connectivity index (χ1) is 11.8. The molecule has 0 saturated carbocycles. The fourth-order valence-electron chi connectivity index (χ4n) is 1.98. The second-order valence-electron chi connectivity index (χ2n) is 5.45. The van der Waals surface area contributed by atoms with Gasteiger partial charge in [0, 0.05) is 13.0 Å². The second-order valence-corrected chi connectivity index (χ2v) is 5.45. The Morgan fingerprint density at radius 1 is 0.792 bits per heavy atom. The van der Waals surface area contributed by atoms with Crippen molar-refractivity contribution in [3.63, 3.8) is 0 Å². The van der Waals surface area contributed by atoms with Crippen molar-refractivity contribution in [1.29, 1.82) is 0 Å². The van der Waals surface area contributed by atoms with Crippen molar-refractivity contribution in [2.24, 2.45) is 0 Å². The van der Waals surface area contributed by atoms with Crippen molar-refractivity contribution in [3.05, 3.63) is 67.7 Å². The van der Waals surface area contributed by atoms with Gasteiger partial charge in [-0.15, -0.1) is 0 Å². The number of nitrogens with one attached hydrogen (secondary N) is 1. The van der Waals surface area contributed by atoms with Gasteiger partial charge in [-0.3, -0.25) is 4.79 Å². The van der Waals surface area contributed by atoms with E-state index in [1.807, 2.05) is 0 Å². The summed E-state index contributed by atoms with van der Waals surface area (Å²) in [5.74, 6) is 0.0948. The molecule has 0 aromatic carbocycles.